The molecule has 0 bridgehead atoms. The van der Waals surface area contributed by atoms with E-state index in [-0.39, 0.29) is 40.1 Å². The summed E-state index contributed by atoms with van der Waals surface area (Å²) in [5, 5.41) is 9.11. The molecular weight excluding hydrogens is 395 g/mol. The lowest BCUT2D eigenvalue weighted by Crippen LogP contribution is -2.15. The van der Waals surface area contributed by atoms with Gasteiger partial charge in [0.25, 0.3) is 0 Å². The second kappa shape index (κ2) is 6.46. The first-order valence-corrected chi connectivity index (χ1v) is 9.40. The molecule has 2 aromatic carbocycles. The van der Waals surface area contributed by atoms with Gasteiger partial charge in [0.1, 0.15) is 11.3 Å². The van der Waals surface area contributed by atoms with Gasteiger partial charge in [-0.05, 0) is 55.2 Å². The lowest BCUT2D eigenvalue weighted by molar-refractivity contribution is -0.147. The first-order chi connectivity index (χ1) is 14.3. The Hall–Kier alpha value is -3.60. The van der Waals surface area contributed by atoms with Crippen molar-refractivity contribution >= 4 is 22.0 Å². The molecule has 1 fully saturated rings. The second-order valence-electron chi connectivity index (χ2n) is 7.46. The highest BCUT2D eigenvalue weighted by Gasteiger charge is 2.39. The zero-order chi connectivity index (χ0) is 21.0. The lowest BCUT2D eigenvalue weighted by Gasteiger charge is -2.10. The maximum absolute atomic E-state index is 13.7. The van der Waals surface area contributed by atoms with E-state index in [4.69, 9.17) is 9.68 Å². The summed E-state index contributed by atoms with van der Waals surface area (Å²) in [5.74, 6) is -0.575. The molecule has 2 aromatic heterocycles. The van der Waals surface area contributed by atoms with Gasteiger partial charge < -0.3 is 8.98 Å². The Bertz CT molecular complexity index is 1390. The molecule has 8 heteroatoms. The molecule has 0 saturated heterocycles. The van der Waals surface area contributed by atoms with Gasteiger partial charge in [0.15, 0.2) is 11.0 Å². The van der Waals surface area contributed by atoms with Crippen LogP contribution < -0.4 is 5.43 Å². The van der Waals surface area contributed by atoms with Crippen molar-refractivity contribution in [3.63, 3.8) is 0 Å². The molecule has 2 heterocycles. The number of hydrogen-bond acceptors (Lipinski definition) is 4. The smallest absolute Gasteiger partial charge is 0.449 e. The Morgan fingerprint density at radius 3 is 2.53 bits per heavy atom. The summed E-state index contributed by atoms with van der Waals surface area (Å²) in [5.41, 5.74) is 0.952. The summed E-state index contributed by atoms with van der Waals surface area (Å²) in [4.78, 5) is 16.5. The molecule has 0 atom stereocenters. The van der Waals surface area contributed by atoms with E-state index in [2.05, 4.69) is 4.98 Å². The summed E-state index contributed by atoms with van der Waals surface area (Å²) in [7, 11) is 0. The Morgan fingerprint density at radius 1 is 1.17 bits per heavy atom. The van der Waals surface area contributed by atoms with E-state index < -0.39 is 12.0 Å². The monoisotopic (exact) mass is 409 g/mol. The molecule has 0 spiro atoms. The van der Waals surface area contributed by atoms with Crippen molar-refractivity contribution in [3.05, 3.63) is 64.1 Å². The number of alkyl halides is 3. The highest BCUT2D eigenvalue weighted by molar-refractivity contribution is 6.01. The number of fused-ring (bicyclic) bond motifs is 3. The third-order valence-corrected chi connectivity index (χ3v) is 5.30. The normalized spacial score (nSPS) is 14.3. The van der Waals surface area contributed by atoms with Crippen LogP contribution in [-0.4, -0.2) is 9.55 Å². The van der Waals surface area contributed by atoms with E-state index in [1.807, 2.05) is 6.07 Å². The van der Waals surface area contributed by atoms with Gasteiger partial charge in [-0.1, -0.05) is 0 Å². The van der Waals surface area contributed by atoms with E-state index in [1.54, 1.807) is 24.3 Å². The molecule has 5 rings (SSSR count). The number of nitriles is 1. The van der Waals surface area contributed by atoms with Crippen molar-refractivity contribution in [2.24, 2.45) is 5.92 Å². The van der Waals surface area contributed by atoms with E-state index in [0.29, 0.717) is 16.6 Å². The molecule has 1 saturated carbocycles. The topological polar surface area (TPSA) is 71.8 Å². The third-order valence-electron chi connectivity index (χ3n) is 5.30. The number of hydrogen-bond donors (Lipinski definition) is 0. The number of nitrogens with zero attached hydrogens (tertiary/aromatic N) is 3. The molecule has 1 aliphatic carbocycles. The highest BCUT2D eigenvalue weighted by Crippen LogP contribution is 2.38. The first kappa shape index (κ1) is 18.4. The third kappa shape index (κ3) is 3.03. The Labute approximate surface area is 168 Å². The predicted octanol–water partition coefficient (Wildman–Crippen LogP) is 5.11. The van der Waals surface area contributed by atoms with Crippen molar-refractivity contribution in [2.45, 2.75) is 25.6 Å². The molecule has 0 aliphatic heterocycles. The average molecular weight is 409 g/mol. The standard InChI is InChI=1S/C22H14F3N3O2/c23-22(24,25)21-27-19-16(28(21)11-13-1-2-13)8-7-15-17(29)9-18(30-20(15)19)14-5-3-12(10-26)4-6-14/h3-9,13H,1-2,11H2. The fourth-order valence-corrected chi connectivity index (χ4v) is 3.61. The number of aromatic nitrogens is 2. The minimum atomic E-state index is -4.62. The first-order valence-electron chi connectivity index (χ1n) is 9.40. The maximum Gasteiger partial charge on any atom is 0.449 e. The van der Waals surface area contributed by atoms with E-state index in [0.717, 1.165) is 12.8 Å². The molecule has 4 aromatic rings. The van der Waals surface area contributed by atoms with E-state index >= 15 is 0 Å². The molecule has 0 radical (unpaired) electrons. The van der Waals surface area contributed by atoms with Gasteiger partial charge in [-0.2, -0.15) is 18.4 Å². The van der Waals surface area contributed by atoms with Crippen molar-refractivity contribution in [1.29, 1.82) is 5.26 Å². The largest absolute Gasteiger partial charge is 0.453 e. The molecule has 5 nitrogen and oxygen atoms in total. The van der Waals surface area contributed by atoms with Gasteiger partial charge in [0.05, 0.1) is 22.5 Å². The average Bonchev–Trinajstić information content (AvgIpc) is 3.46. The molecule has 150 valence electrons. The van der Waals surface area contributed by atoms with E-state index in [1.165, 1.54) is 22.8 Å². The molecule has 0 unspecified atom stereocenters. The van der Waals surface area contributed by atoms with E-state index in [9.17, 15) is 18.0 Å². The van der Waals surface area contributed by atoms with Gasteiger partial charge in [-0.25, -0.2) is 4.98 Å². The molecule has 1 aliphatic rings. The Morgan fingerprint density at radius 2 is 1.90 bits per heavy atom. The van der Waals surface area contributed by atoms with Crippen LogP contribution in [0.15, 0.2) is 51.7 Å². The molecule has 30 heavy (non-hydrogen) atoms. The van der Waals surface area contributed by atoms with Gasteiger partial charge in [-0.15, -0.1) is 0 Å². The van der Waals surface area contributed by atoms with Gasteiger partial charge in [0.2, 0.25) is 5.82 Å². The summed E-state index contributed by atoms with van der Waals surface area (Å²) >= 11 is 0. The SMILES string of the molecule is N#Cc1ccc(-c2cc(=O)c3ccc4c(nc(C(F)(F)F)n4CC4CC4)c3o2)cc1. The van der Waals surface area contributed by atoms with Crippen LogP contribution in [0.5, 0.6) is 0 Å². The molecular formula is C22H14F3N3O2. The minimum absolute atomic E-state index is 0.0214. The van der Waals surface area contributed by atoms with Gasteiger partial charge in [0, 0.05) is 18.2 Å². The van der Waals surface area contributed by atoms with Crippen molar-refractivity contribution in [3.8, 4) is 17.4 Å². The maximum atomic E-state index is 13.7. The summed E-state index contributed by atoms with van der Waals surface area (Å²) < 4.78 is 48.0. The zero-order valence-corrected chi connectivity index (χ0v) is 15.5. The number of rotatable bonds is 3. The van der Waals surface area contributed by atoms with Crippen LogP contribution in [0.3, 0.4) is 0 Å². The van der Waals surface area contributed by atoms with Crippen LogP contribution in [-0.2, 0) is 12.7 Å². The van der Waals surface area contributed by atoms with Crippen molar-refractivity contribution < 1.29 is 17.6 Å². The quantitative estimate of drug-likeness (QED) is 0.471. The van der Waals surface area contributed by atoms with Crippen LogP contribution in [0.2, 0.25) is 0 Å². The van der Waals surface area contributed by atoms with Crippen molar-refractivity contribution in [2.75, 3.05) is 0 Å². The van der Waals surface area contributed by atoms with Crippen LogP contribution in [0, 0.1) is 17.2 Å². The molecule has 0 amide bonds. The number of benzene rings is 2. The van der Waals surface area contributed by atoms with Gasteiger partial charge in [-0.3, -0.25) is 4.79 Å². The summed E-state index contributed by atoms with van der Waals surface area (Å²) in [6.45, 7) is 0.233. The van der Waals surface area contributed by atoms with Gasteiger partial charge >= 0.3 is 6.18 Å². The van der Waals surface area contributed by atoms with Crippen LogP contribution in [0.4, 0.5) is 13.2 Å². The Balaban J connectivity index is 1.77. The number of imidazole rings is 1. The fourth-order valence-electron chi connectivity index (χ4n) is 3.61. The zero-order valence-electron chi connectivity index (χ0n) is 15.5. The van der Waals surface area contributed by atoms with Crippen LogP contribution in [0.25, 0.3) is 33.3 Å². The minimum Gasteiger partial charge on any atom is -0.453 e. The summed E-state index contributed by atoms with van der Waals surface area (Å²) in [6.07, 6.45) is -2.84. The Kier molecular flexibility index (Phi) is 3.97. The summed E-state index contributed by atoms with van der Waals surface area (Å²) in [6, 6.07) is 12.7. The number of halogens is 3. The molecule has 0 N–H and O–H groups in total. The fraction of sp³-hybridized carbons (Fsp3) is 0.227. The van der Waals surface area contributed by atoms with Crippen LogP contribution >= 0.6 is 0 Å². The predicted molar refractivity (Wildman–Crippen MR) is 104 cm³/mol. The second-order valence-corrected chi connectivity index (χ2v) is 7.46. The lowest BCUT2D eigenvalue weighted by atomic mass is 10.1. The van der Waals surface area contributed by atoms with Crippen molar-refractivity contribution in [1.82, 2.24) is 9.55 Å². The highest BCUT2D eigenvalue weighted by atomic mass is 19.4. The van der Waals surface area contributed by atoms with Crippen LogP contribution in [0.1, 0.15) is 24.2 Å².